The van der Waals surface area contributed by atoms with Gasteiger partial charge in [-0.2, -0.15) is 13.2 Å². The highest BCUT2D eigenvalue weighted by Gasteiger charge is 2.57. The smallest absolute Gasteiger partial charge is 0.215 e. The zero-order valence-corrected chi connectivity index (χ0v) is 14.6. The minimum atomic E-state index is -5.39. The van der Waals surface area contributed by atoms with E-state index in [2.05, 4.69) is 6.58 Å². The predicted octanol–water partition coefficient (Wildman–Crippen LogP) is 5.25. The molecule has 2 aromatic carbocycles. The van der Waals surface area contributed by atoms with Crippen molar-refractivity contribution in [3.05, 3.63) is 89.4 Å². The van der Waals surface area contributed by atoms with Gasteiger partial charge >= 0.3 is 5.51 Å². The fourth-order valence-electron chi connectivity index (χ4n) is 3.56. The molecule has 0 amide bonds. The number of sulfone groups is 1. The molecule has 2 nitrogen and oxygen atoms in total. The maximum Gasteiger partial charge on any atom is 0.501 e. The van der Waals surface area contributed by atoms with Gasteiger partial charge in [0.15, 0.2) is 0 Å². The molecule has 136 valence electrons. The van der Waals surface area contributed by atoms with Crippen LogP contribution in [0.1, 0.15) is 24.0 Å². The van der Waals surface area contributed by atoms with Crippen molar-refractivity contribution in [3.63, 3.8) is 0 Å². The topological polar surface area (TPSA) is 34.1 Å². The molecule has 0 bridgehead atoms. The van der Waals surface area contributed by atoms with E-state index in [1.807, 2.05) is 18.2 Å². The number of halogens is 3. The number of benzene rings is 2. The van der Waals surface area contributed by atoms with Crippen molar-refractivity contribution in [1.29, 1.82) is 0 Å². The van der Waals surface area contributed by atoms with Gasteiger partial charge in [0.1, 0.15) is 0 Å². The summed E-state index contributed by atoms with van der Waals surface area (Å²) in [4.78, 5) is -0.554. The second-order valence-corrected chi connectivity index (χ2v) is 8.19. The lowest BCUT2D eigenvalue weighted by molar-refractivity contribution is -0.0429. The summed E-state index contributed by atoms with van der Waals surface area (Å²) in [5, 5.41) is 0. The van der Waals surface area contributed by atoms with E-state index < -0.39 is 25.7 Å². The third kappa shape index (κ3) is 2.78. The largest absolute Gasteiger partial charge is 0.501 e. The van der Waals surface area contributed by atoms with Gasteiger partial charge in [-0.25, -0.2) is 8.42 Å². The molecule has 0 N–H and O–H groups in total. The molecule has 0 aliphatic heterocycles. The van der Waals surface area contributed by atoms with E-state index in [0.29, 0.717) is 12.0 Å². The summed E-state index contributed by atoms with van der Waals surface area (Å²) in [6.45, 7) is 3.72. The van der Waals surface area contributed by atoms with Gasteiger partial charge in [-0.1, -0.05) is 66.7 Å². The normalized spacial score (nSPS) is 20.6. The highest BCUT2D eigenvalue weighted by molar-refractivity contribution is 7.96. The second-order valence-electron chi connectivity index (χ2n) is 6.23. The molecule has 0 unspecified atom stereocenters. The molecule has 0 spiro atoms. The first-order valence-corrected chi connectivity index (χ1v) is 9.49. The predicted molar refractivity (Wildman–Crippen MR) is 95.9 cm³/mol. The van der Waals surface area contributed by atoms with E-state index in [0.717, 1.165) is 5.56 Å². The molecule has 3 rings (SSSR count). The quantitative estimate of drug-likeness (QED) is 0.666. The third-order valence-electron chi connectivity index (χ3n) is 4.73. The van der Waals surface area contributed by atoms with Crippen molar-refractivity contribution in [2.75, 3.05) is 0 Å². The standard InChI is InChI=1S/C20H17F3O2S/c1-2-13-19(16-11-7-4-8-12-16)14-17(26(24,25)20(21,22)23)18(19)15-9-5-3-6-10-15/h2-12H,1,13-14H2/t19-/m0/s1. The number of allylic oxidation sites excluding steroid dienone is 3. The molecule has 0 saturated heterocycles. The highest BCUT2D eigenvalue weighted by Crippen LogP contribution is 2.59. The van der Waals surface area contributed by atoms with Gasteiger partial charge < -0.3 is 0 Å². The SMILES string of the molecule is C=CC[C@@]1(c2ccccc2)CC(S(=O)(=O)C(F)(F)F)=C1c1ccccc1. The Morgan fingerprint density at radius 3 is 2.04 bits per heavy atom. The van der Waals surface area contributed by atoms with Crippen LogP contribution in [-0.4, -0.2) is 13.9 Å². The van der Waals surface area contributed by atoms with Crippen LogP contribution >= 0.6 is 0 Å². The Morgan fingerprint density at radius 1 is 1.00 bits per heavy atom. The van der Waals surface area contributed by atoms with Crippen molar-refractivity contribution in [1.82, 2.24) is 0 Å². The Kier molecular flexibility index (Phi) is 4.56. The first-order chi connectivity index (χ1) is 12.2. The molecule has 1 aliphatic rings. The maximum absolute atomic E-state index is 13.2. The maximum atomic E-state index is 13.2. The summed E-state index contributed by atoms with van der Waals surface area (Å²) >= 11 is 0. The highest BCUT2D eigenvalue weighted by atomic mass is 32.2. The molecule has 0 aromatic heterocycles. The van der Waals surface area contributed by atoms with E-state index in [1.54, 1.807) is 48.5 Å². The van der Waals surface area contributed by atoms with Crippen molar-refractivity contribution in [2.24, 2.45) is 0 Å². The minimum Gasteiger partial charge on any atom is -0.215 e. The summed E-state index contributed by atoms with van der Waals surface area (Å²) in [7, 11) is -5.39. The van der Waals surface area contributed by atoms with Gasteiger partial charge in [-0.15, -0.1) is 6.58 Å². The van der Waals surface area contributed by atoms with Crippen LogP contribution in [0.4, 0.5) is 13.2 Å². The second kappa shape index (κ2) is 6.43. The first-order valence-electron chi connectivity index (χ1n) is 8.01. The molecular weight excluding hydrogens is 361 g/mol. The van der Waals surface area contributed by atoms with Gasteiger partial charge in [0, 0.05) is 5.41 Å². The van der Waals surface area contributed by atoms with E-state index >= 15 is 0 Å². The van der Waals surface area contributed by atoms with Gasteiger partial charge in [0.25, 0.3) is 9.84 Å². The van der Waals surface area contributed by atoms with E-state index in [-0.39, 0.29) is 12.0 Å². The number of alkyl halides is 3. The fourth-order valence-corrected chi connectivity index (χ4v) is 4.86. The number of hydrogen-bond donors (Lipinski definition) is 0. The van der Waals surface area contributed by atoms with Gasteiger partial charge in [0.05, 0.1) is 4.91 Å². The fraction of sp³-hybridized carbons (Fsp3) is 0.200. The van der Waals surface area contributed by atoms with Crippen molar-refractivity contribution in [3.8, 4) is 0 Å². The van der Waals surface area contributed by atoms with Crippen molar-refractivity contribution in [2.45, 2.75) is 23.8 Å². The van der Waals surface area contributed by atoms with Crippen LogP contribution in [0.5, 0.6) is 0 Å². The lowest BCUT2D eigenvalue weighted by atomic mass is 9.60. The lowest BCUT2D eigenvalue weighted by Crippen LogP contribution is -2.42. The van der Waals surface area contributed by atoms with E-state index in [4.69, 9.17) is 0 Å². The zero-order valence-electron chi connectivity index (χ0n) is 13.8. The Hall–Kier alpha value is -2.34. The van der Waals surface area contributed by atoms with Crippen LogP contribution < -0.4 is 0 Å². The van der Waals surface area contributed by atoms with Crippen LogP contribution in [0.25, 0.3) is 5.57 Å². The monoisotopic (exact) mass is 378 g/mol. The molecule has 0 heterocycles. The minimum absolute atomic E-state index is 0.199. The molecule has 26 heavy (non-hydrogen) atoms. The summed E-state index contributed by atoms with van der Waals surface area (Å²) in [6, 6.07) is 17.4. The Bertz CT molecular complexity index is 946. The van der Waals surface area contributed by atoms with Crippen LogP contribution in [0.3, 0.4) is 0 Å². The molecule has 0 fully saturated rings. The van der Waals surface area contributed by atoms with E-state index in [9.17, 15) is 21.6 Å². The Morgan fingerprint density at radius 2 is 1.54 bits per heavy atom. The van der Waals surface area contributed by atoms with Gasteiger partial charge in [-0.3, -0.25) is 0 Å². The number of rotatable bonds is 5. The summed E-state index contributed by atoms with van der Waals surface area (Å²) in [5.74, 6) is 0. The van der Waals surface area contributed by atoms with Crippen LogP contribution in [0.15, 0.2) is 78.2 Å². The molecule has 6 heteroatoms. The molecule has 2 aromatic rings. The molecule has 1 aliphatic carbocycles. The lowest BCUT2D eigenvalue weighted by Gasteiger charge is -2.46. The third-order valence-corrected chi connectivity index (χ3v) is 6.34. The van der Waals surface area contributed by atoms with Gasteiger partial charge in [0.2, 0.25) is 0 Å². The average Bonchev–Trinajstić information content (AvgIpc) is 2.58. The first kappa shape index (κ1) is 18.5. The van der Waals surface area contributed by atoms with Crippen LogP contribution in [0, 0.1) is 0 Å². The van der Waals surface area contributed by atoms with Crippen LogP contribution in [0.2, 0.25) is 0 Å². The molecule has 0 radical (unpaired) electrons. The Balaban J connectivity index is 2.30. The summed E-state index contributed by atoms with van der Waals surface area (Å²) in [5.41, 5.74) is -4.69. The molecule has 1 atom stereocenters. The summed E-state index contributed by atoms with van der Waals surface area (Å²) < 4.78 is 63.8. The Labute approximate surface area is 150 Å². The number of hydrogen-bond acceptors (Lipinski definition) is 2. The van der Waals surface area contributed by atoms with E-state index in [1.165, 1.54) is 0 Å². The average molecular weight is 378 g/mol. The molecular formula is C20H17F3O2S. The molecule has 0 saturated carbocycles. The van der Waals surface area contributed by atoms with Crippen molar-refractivity contribution >= 4 is 15.4 Å². The summed E-state index contributed by atoms with van der Waals surface area (Å²) in [6.07, 6.45) is 1.76. The van der Waals surface area contributed by atoms with Crippen molar-refractivity contribution < 1.29 is 21.6 Å². The zero-order chi connectivity index (χ0) is 19.0. The van der Waals surface area contributed by atoms with Crippen LogP contribution in [-0.2, 0) is 15.3 Å². The van der Waals surface area contributed by atoms with Gasteiger partial charge in [-0.05, 0) is 29.5 Å².